The van der Waals surface area contributed by atoms with Gasteiger partial charge in [-0.05, 0) is 31.4 Å². The largest absolute Gasteiger partial charge is 0.376 e. The minimum atomic E-state index is 0.0235. The van der Waals surface area contributed by atoms with Crippen LogP contribution in [-0.4, -0.2) is 42.1 Å². The van der Waals surface area contributed by atoms with Gasteiger partial charge in [0.15, 0.2) is 0 Å². The zero-order valence-corrected chi connectivity index (χ0v) is 11.8. The molecule has 106 valence electrons. The van der Waals surface area contributed by atoms with Crippen LogP contribution in [0.1, 0.15) is 29.8 Å². The molecule has 4 nitrogen and oxygen atoms in total. The van der Waals surface area contributed by atoms with Gasteiger partial charge in [0.25, 0.3) is 5.91 Å². The molecule has 1 aromatic carbocycles. The van der Waals surface area contributed by atoms with Crippen molar-refractivity contribution in [2.24, 2.45) is 0 Å². The number of hydrogen-bond donors (Lipinski definition) is 1. The highest BCUT2D eigenvalue weighted by molar-refractivity contribution is 5.97. The van der Waals surface area contributed by atoms with Crippen LogP contribution >= 0.6 is 0 Å². The third kappa shape index (κ3) is 2.70. The van der Waals surface area contributed by atoms with Crippen molar-refractivity contribution in [3.8, 4) is 0 Å². The molecule has 1 amide bonds. The van der Waals surface area contributed by atoms with E-state index in [1.54, 1.807) is 4.90 Å². The number of amides is 1. The van der Waals surface area contributed by atoms with E-state index in [1.165, 1.54) is 6.42 Å². The summed E-state index contributed by atoms with van der Waals surface area (Å²) in [6.45, 7) is 1.48. The number of fused-ring (bicyclic) bond motifs is 1. The predicted molar refractivity (Wildman–Crippen MR) is 78.9 cm³/mol. The highest BCUT2D eigenvalue weighted by atomic mass is 16.5. The molecule has 0 spiro atoms. The van der Waals surface area contributed by atoms with E-state index in [-0.39, 0.29) is 12.0 Å². The lowest BCUT2D eigenvalue weighted by Crippen LogP contribution is -2.37. The molecular weight excluding hydrogens is 252 g/mol. The molecule has 1 aliphatic rings. The molecule has 1 atom stereocenters. The van der Waals surface area contributed by atoms with Gasteiger partial charge in [-0.1, -0.05) is 18.2 Å². The van der Waals surface area contributed by atoms with E-state index >= 15 is 0 Å². The monoisotopic (exact) mass is 272 g/mol. The smallest absolute Gasteiger partial charge is 0.270 e. The minimum Gasteiger partial charge on any atom is -0.376 e. The predicted octanol–water partition coefficient (Wildman–Crippen LogP) is 2.81. The molecule has 1 aromatic heterocycles. The van der Waals surface area contributed by atoms with E-state index < -0.39 is 0 Å². The van der Waals surface area contributed by atoms with Gasteiger partial charge in [0.05, 0.1) is 6.10 Å². The van der Waals surface area contributed by atoms with E-state index in [9.17, 15) is 4.79 Å². The second-order valence-electron chi connectivity index (χ2n) is 5.44. The van der Waals surface area contributed by atoms with Gasteiger partial charge < -0.3 is 14.6 Å². The minimum absolute atomic E-state index is 0.0235. The van der Waals surface area contributed by atoms with Gasteiger partial charge >= 0.3 is 0 Å². The zero-order valence-electron chi connectivity index (χ0n) is 11.8. The lowest BCUT2D eigenvalue weighted by Gasteiger charge is -2.27. The van der Waals surface area contributed by atoms with E-state index in [0.717, 1.165) is 30.4 Å². The molecule has 4 heteroatoms. The summed E-state index contributed by atoms with van der Waals surface area (Å²) in [4.78, 5) is 17.4. The Morgan fingerprint density at radius 2 is 2.25 bits per heavy atom. The van der Waals surface area contributed by atoms with E-state index in [0.29, 0.717) is 12.2 Å². The number of hydrogen-bond acceptors (Lipinski definition) is 2. The fraction of sp³-hybridized carbons (Fsp3) is 0.438. The number of aromatic amines is 1. The summed E-state index contributed by atoms with van der Waals surface area (Å²) in [5.74, 6) is 0.0235. The maximum atomic E-state index is 12.4. The summed E-state index contributed by atoms with van der Waals surface area (Å²) < 4.78 is 5.69. The lowest BCUT2D eigenvalue weighted by atomic mass is 10.1. The summed E-state index contributed by atoms with van der Waals surface area (Å²) in [6.07, 6.45) is 3.56. The van der Waals surface area contributed by atoms with E-state index in [2.05, 4.69) is 4.98 Å². The van der Waals surface area contributed by atoms with Crippen LogP contribution in [0.5, 0.6) is 0 Å². The number of aromatic nitrogens is 1. The van der Waals surface area contributed by atoms with Gasteiger partial charge in [-0.2, -0.15) is 0 Å². The third-order valence-corrected chi connectivity index (χ3v) is 3.86. The van der Waals surface area contributed by atoms with E-state index in [1.807, 2.05) is 37.4 Å². The summed E-state index contributed by atoms with van der Waals surface area (Å²) in [6, 6.07) is 9.84. The summed E-state index contributed by atoms with van der Waals surface area (Å²) in [5.41, 5.74) is 1.64. The van der Waals surface area contributed by atoms with Gasteiger partial charge in [-0.15, -0.1) is 0 Å². The van der Waals surface area contributed by atoms with Crippen LogP contribution in [0.4, 0.5) is 0 Å². The van der Waals surface area contributed by atoms with Crippen molar-refractivity contribution in [2.75, 3.05) is 20.2 Å². The normalized spacial score (nSPS) is 19.1. The van der Waals surface area contributed by atoms with Crippen molar-refractivity contribution < 1.29 is 9.53 Å². The van der Waals surface area contributed by atoms with E-state index in [4.69, 9.17) is 4.74 Å². The fourth-order valence-electron chi connectivity index (χ4n) is 2.73. The molecule has 1 N–H and O–H groups in total. The summed E-state index contributed by atoms with van der Waals surface area (Å²) in [5, 5.41) is 1.07. The Morgan fingerprint density at radius 1 is 1.40 bits per heavy atom. The van der Waals surface area contributed by atoms with Gasteiger partial charge in [-0.25, -0.2) is 0 Å². The molecule has 1 saturated heterocycles. The SMILES string of the molecule is CN(CC1CCCCO1)C(=O)c1cc2ccccc2[nH]1. The number of rotatable bonds is 3. The maximum absolute atomic E-state index is 12.4. The van der Waals surface area contributed by atoms with Crippen LogP contribution in [0.15, 0.2) is 30.3 Å². The number of H-pyrrole nitrogens is 1. The quantitative estimate of drug-likeness (QED) is 0.933. The number of carbonyl (C=O) groups is 1. The second kappa shape index (κ2) is 5.67. The molecule has 20 heavy (non-hydrogen) atoms. The molecular formula is C16H20N2O2. The number of likely N-dealkylation sites (N-methyl/N-ethyl adjacent to an activating group) is 1. The number of ether oxygens (including phenoxy) is 1. The van der Waals surface area contributed by atoms with Gasteiger partial charge in [0.1, 0.15) is 5.69 Å². The number of benzene rings is 1. The molecule has 1 unspecified atom stereocenters. The molecule has 1 aliphatic heterocycles. The highest BCUT2D eigenvalue weighted by Crippen LogP contribution is 2.17. The molecule has 1 fully saturated rings. The Balaban J connectivity index is 1.70. The topological polar surface area (TPSA) is 45.3 Å². The molecule has 2 heterocycles. The van der Waals surface area contributed by atoms with Crippen LogP contribution in [0.25, 0.3) is 10.9 Å². The van der Waals surface area contributed by atoms with Crippen molar-refractivity contribution in [2.45, 2.75) is 25.4 Å². The number of nitrogens with one attached hydrogen (secondary N) is 1. The first-order valence-corrected chi connectivity index (χ1v) is 7.19. The zero-order chi connectivity index (χ0) is 13.9. The first kappa shape index (κ1) is 13.2. The average molecular weight is 272 g/mol. The fourth-order valence-corrected chi connectivity index (χ4v) is 2.73. The van der Waals surface area contributed by atoms with Crippen LogP contribution in [-0.2, 0) is 4.74 Å². The molecule has 0 aliphatic carbocycles. The highest BCUT2D eigenvalue weighted by Gasteiger charge is 2.20. The molecule has 0 radical (unpaired) electrons. The molecule has 0 bridgehead atoms. The Hall–Kier alpha value is -1.81. The Bertz CT molecular complexity index is 566. The van der Waals surface area contributed by atoms with Crippen LogP contribution in [0, 0.1) is 0 Å². The van der Waals surface area contributed by atoms with Crippen molar-refractivity contribution in [3.05, 3.63) is 36.0 Å². The Morgan fingerprint density at radius 3 is 3.00 bits per heavy atom. The van der Waals surface area contributed by atoms with Crippen molar-refractivity contribution in [1.29, 1.82) is 0 Å². The lowest BCUT2D eigenvalue weighted by molar-refractivity contribution is -0.000272. The van der Waals surface area contributed by atoms with Crippen LogP contribution < -0.4 is 0 Å². The van der Waals surface area contributed by atoms with Crippen molar-refractivity contribution in [3.63, 3.8) is 0 Å². The molecule has 3 rings (SSSR count). The Kier molecular flexibility index (Phi) is 3.74. The van der Waals surface area contributed by atoms with Crippen molar-refractivity contribution in [1.82, 2.24) is 9.88 Å². The standard InChI is InChI=1S/C16H20N2O2/c1-18(11-13-7-4-5-9-20-13)16(19)15-10-12-6-2-3-8-14(12)17-15/h2-3,6,8,10,13,17H,4-5,7,9,11H2,1H3. The Labute approximate surface area is 118 Å². The maximum Gasteiger partial charge on any atom is 0.270 e. The van der Waals surface area contributed by atoms with Gasteiger partial charge in [0, 0.05) is 31.1 Å². The number of carbonyl (C=O) groups excluding carboxylic acids is 1. The van der Waals surface area contributed by atoms with Gasteiger partial charge in [0.2, 0.25) is 0 Å². The first-order chi connectivity index (χ1) is 9.74. The van der Waals surface area contributed by atoms with Crippen LogP contribution in [0.3, 0.4) is 0 Å². The first-order valence-electron chi connectivity index (χ1n) is 7.19. The van der Waals surface area contributed by atoms with Crippen molar-refractivity contribution >= 4 is 16.8 Å². The third-order valence-electron chi connectivity index (χ3n) is 3.86. The average Bonchev–Trinajstić information content (AvgIpc) is 2.91. The second-order valence-corrected chi connectivity index (χ2v) is 5.44. The number of para-hydroxylation sites is 1. The molecule has 2 aromatic rings. The van der Waals surface area contributed by atoms with Crippen LogP contribution in [0.2, 0.25) is 0 Å². The summed E-state index contributed by atoms with van der Waals surface area (Å²) >= 11 is 0. The molecule has 0 saturated carbocycles. The van der Waals surface area contributed by atoms with Gasteiger partial charge in [-0.3, -0.25) is 4.79 Å². The number of nitrogens with zero attached hydrogens (tertiary/aromatic N) is 1. The summed E-state index contributed by atoms with van der Waals surface area (Å²) in [7, 11) is 1.84.